The molecule has 1 N–H and O–H groups in total. The van der Waals surface area contributed by atoms with Crippen LogP contribution in [0.25, 0.3) is 0 Å². The predicted octanol–water partition coefficient (Wildman–Crippen LogP) is 4.05. The Labute approximate surface area is 161 Å². The number of sulfonamides is 1. The van der Waals surface area contributed by atoms with Crippen molar-refractivity contribution in [2.75, 3.05) is 18.4 Å². The van der Waals surface area contributed by atoms with Crippen LogP contribution in [-0.4, -0.2) is 31.7 Å². The fourth-order valence-electron chi connectivity index (χ4n) is 2.87. The molecule has 1 amide bonds. The highest BCUT2D eigenvalue weighted by atomic mass is 35.5. The van der Waals surface area contributed by atoms with Crippen molar-refractivity contribution >= 4 is 33.2 Å². The fraction of sp³-hybridized carbons (Fsp3) is 0.278. The largest absolute Gasteiger partial charge is 0.319 e. The minimum Gasteiger partial charge on any atom is -0.319 e. The lowest BCUT2D eigenvalue weighted by Crippen LogP contribution is -2.36. The molecule has 2 aromatic carbocycles. The number of carbonyl (C=O) groups is 1. The Bertz CT molecular complexity index is 977. The van der Waals surface area contributed by atoms with Crippen molar-refractivity contribution in [1.29, 1.82) is 0 Å². The highest BCUT2D eigenvalue weighted by Crippen LogP contribution is 2.25. The number of hydrogen-bond donors (Lipinski definition) is 1. The van der Waals surface area contributed by atoms with Gasteiger partial charge in [-0.25, -0.2) is 17.2 Å². The summed E-state index contributed by atoms with van der Waals surface area (Å²) in [7, 11) is -4.05. The normalized spacial score (nSPS) is 15.5. The van der Waals surface area contributed by atoms with Gasteiger partial charge in [0.25, 0.3) is 5.91 Å². The Morgan fingerprint density at radius 3 is 2.37 bits per heavy atom. The molecule has 1 aliphatic heterocycles. The van der Waals surface area contributed by atoms with Gasteiger partial charge >= 0.3 is 0 Å². The van der Waals surface area contributed by atoms with Crippen LogP contribution in [0.3, 0.4) is 0 Å². The van der Waals surface area contributed by atoms with E-state index in [1.54, 1.807) is 0 Å². The van der Waals surface area contributed by atoms with E-state index in [9.17, 15) is 22.0 Å². The third-order valence-electron chi connectivity index (χ3n) is 4.30. The number of hydrogen-bond acceptors (Lipinski definition) is 3. The number of nitrogens with zero attached hydrogens (tertiary/aromatic N) is 1. The van der Waals surface area contributed by atoms with E-state index in [-0.39, 0.29) is 16.3 Å². The third-order valence-corrected chi connectivity index (χ3v) is 6.45. The maximum absolute atomic E-state index is 14.2. The predicted molar refractivity (Wildman–Crippen MR) is 98.4 cm³/mol. The molecule has 0 atom stereocenters. The van der Waals surface area contributed by atoms with Gasteiger partial charge in [0.05, 0.1) is 5.69 Å². The molecule has 9 heteroatoms. The van der Waals surface area contributed by atoms with E-state index in [1.807, 2.05) is 0 Å². The number of rotatable bonds is 4. The van der Waals surface area contributed by atoms with E-state index < -0.39 is 32.5 Å². The summed E-state index contributed by atoms with van der Waals surface area (Å²) in [5.74, 6) is -2.41. The summed E-state index contributed by atoms with van der Waals surface area (Å²) in [6.07, 6.45) is 2.33. The number of amides is 1. The van der Waals surface area contributed by atoms with Crippen LogP contribution >= 0.6 is 11.6 Å². The van der Waals surface area contributed by atoms with Gasteiger partial charge in [0.15, 0.2) is 0 Å². The summed E-state index contributed by atoms with van der Waals surface area (Å²) in [4.78, 5) is 11.8. The Morgan fingerprint density at radius 1 is 1.00 bits per heavy atom. The first-order chi connectivity index (χ1) is 12.8. The van der Waals surface area contributed by atoms with Gasteiger partial charge < -0.3 is 5.32 Å². The van der Waals surface area contributed by atoms with Gasteiger partial charge in [-0.3, -0.25) is 4.79 Å². The first kappa shape index (κ1) is 19.7. The van der Waals surface area contributed by atoms with Crippen LogP contribution in [0.1, 0.15) is 29.6 Å². The van der Waals surface area contributed by atoms with Crippen molar-refractivity contribution in [3.8, 4) is 0 Å². The second kappa shape index (κ2) is 7.92. The molecule has 0 radical (unpaired) electrons. The smallest absolute Gasteiger partial charge is 0.255 e. The zero-order chi connectivity index (χ0) is 19.6. The third kappa shape index (κ3) is 4.28. The topological polar surface area (TPSA) is 66.5 Å². The Hall–Kier alpha value is -2.03. The van der Waals surface area contributed by atoms with Crippen molar-refractivity contribution in [2.24, 2.45) is 0 Å². The van der Waals surface area contributed by atoms with Crippen LogP contribution < -0.4 is 5.32 Å². The lowest BCUT2D eigenvalue weighted by atomic mass is 10.2. The Morgan fingerprint density at radius 2 is 1.67 bits per heavy atom. The summed E-state index contributed by atoms with van der Waals surface area (Å²) in [5.41, 5.74) is -0.261. The minimum atomic E-state index is -4.05. The lowest BCUT2D eigenvalue weighted by Gasteiger charge is -2.26. The highest BCUT2D eigenvalue weighted by Gasteiger charge is 2.29. The van der Waals surface area contributed by atoms with Crippen LogP contribution in [0.15, 0.2) is 41.3 Å². The average Bonchev–Trinajstić information content (AvgIpc) is 2.65. The van der Waals surface area contributed by atoms with Crippen LogP contribution in [-0.2, 0) is 10.0 Å². The van der Waals surface area contributed by atoms with Crippen LogP contribution in [0, 0.1) is 11.6 Å². The lowest BCUT2D eigenvalue weighted by molar-refractivity contribution is 0.102. The molecule has 0 unspecified atom stereocenters. The second-order valence-corrected chi connectivity index (χ2v) is 8.53. The highest BCUT2D eigenvalue weighted by molar-refractivity contribution is 7.89. The molecule has 144 valence electrons. The van der Waals surface area contributed by atoms with E-state index in [2.05, 4.69) is 5.32 Å². The summed E-state index contributed by atoms with van der Waals surface area (Å²) >= 11 is 5.79. The van der Waals surface area contributed by atoms with E-state index in [0.29, 0.717) is 25.9 Å². The standard InChI is InChI=1S/C18H17ClF2N2O3S/c19-13-5-7-14(20)16(11-13)22-18(24)12-4-6-15(21)17(10-12)27(25,26)23-8-2-1-3-9-23/h4-7,10-11H,1-3,8-9H2,(H,22,24). The monoisotopic (exact) mass is 414 g/mol. The molecule has 1 aliphatic rings. The van der Waals surface area contributed by atoms with Crippen molar-refractivity contribution < 1.29 is 22.0 Å². The molecule has 1 saturated heterocycles. The van der Waals surface area contributed by atoms with Crippen molar-refractivity contribution in [3.05, 3.63) is 58.6 Å². The first-order valence-corrected chi connectivity index (χ1v) is 10.2. The molecule has 0 spiro atoms. The summed E-state index contributed by atoms with van der Waals surface area (Å²) < 4.78 is 54.6. The van der Waals surface area contributed by atoms with Crippen molar-refractivity contribution in [3.63, 3.8) is 0 Å². The fourth-order valence-corrected chi connectivity index (χ4v) is 4.65. The van der Waals surface area contributed by atoms with Gasteiger partial charge in [-0.2, -0.15) is 4.31 Å². The number of nitrogens with one attached hydrogen (secondary N) is 1. The number of carbonyl (C=O) groups excluding carboxylic acids is 1. The molecular formula is C18H17ClF2N2O3S. The van der Waals surface area contributed by atoms with Gasteiger partial charge in [-0.15, -0.1) is 0 Å². The second-order valence-electron chi connectivity index (χ2n) is 6.19. The van der Waals surface area contributed by atoms with Gasteiger partial charge in [0.1, 0.15) is 16.5 Å². The Balaban J connectivity index is 1.90. The molecule has 0 aromatic heterocycles. The molecular weight excluding hydrogens is 398 g/mol. The molecule has 0 bridgehead atoms. The van der Waals surface area contributed by atoms with Crippen LogP contribution in [0.2, 0.25) is 5.02 Å². The Kier molecular flexibility index (Phi) is 5.78. The number of piperidine rings is 1. The first-order valence-electron chi connectivity index (χ1n) is 8.35. The zero-order valence-corrected chi connectivity index (χ0v) is 15.8. The molecule has 1 heterocycles. The van der Waals surface area contributed by atoms with Crippen molar-refractivity contribution in [2.45, 2.75) is 24.2 Å². The van der Waals surface area contributed by atoms with E-state index >= 15 is 0 Å². The maximum atomic E-state index is 14.2. The van der Waals surface area contributed by atoms with Crippen LogP contribution in [0.5, 0.6) is 0 Å². The molecule has 5 nitrogen and oxygen atoms in total. The number of anilines is 1. The maximum Gasteiger partial charge on any atom is 0.255 e. The average molecular weight is 415 g/mol. The minimum absolute atomic E-state index is 0.105. The summed E-state index contributed by atoms with van der Waals surface area (Å²) in [6, 6.07) is 6.67. The zero-order valence-electron chi connectivity index (χ0n) is 14.2. The van der Waals surface area contributed by atoms with Crippen LogP contribution in [0.4, 0.5) is 14.5 Å². The number of halogens is 3. The quantitative estimate of drug-likeness (QED) is 0.820. The SMILES string of the molecule is O=C(Nc1cc(Cl)ccc1F)c1ccc(F)c(S(=O)(=O)N2CCCCC2)c1. The molecule has 0 aliphatic carbocycles. The molecule has 1 fully saturated rings. The van der Waals surface area contributed by atoms with Gasteiger partial charge in [-0.05, 0) is 49.2 Å². The number of benzene rings is 2. The van der Waals surface area contributed by atoms with E-state index in [4.69, 9.17) is 11.6 Å². The van der Waals surface area contributed by atoms with Crippen molar-refractivity contribution in [1.82, 2.24) is 4.31 Å². The van der Waals surface area contributed by atoms with Gasteiger partial charge in [0.2, 0.25) is 10.0 Å². The van der Waals surface area contributed by atoms with Gasteiger partial charge in [-0.1, -0.05) is 18.0 Å². The van der Waals surface area contributed by atoms with E-state index in [1.165, 1.54) is 16.4 Å². The molecule has 3 rings (SSSR count). The molecule has 0 saturated carbocycles. The van der Waals surface area contributed by atoms with E-state index in [0.717, 1.165) is 30.7 Å². The van der Waals surface area contributed by atoms with Gasteiger partial charge in [0, 0.05) is 23.7 Å². The summed E-state index contributed by atoms with van der Waals surface area (Å²) in [5, 5.41) is 2.54. The molecule has 27 heavy (non-hydrogen) atoms. The molecule has 2 aromatic rings. The summed E-state index contributed by atoms with van der Waals surface area (Å²) in [6.45, 7) is 0.623.